The van der Waals surface area contributed by atoms with Gasteiger partial charge in [0.05, 0.1) is 13.2 Å². The van der Waals surface area contributed by atoms with Gasteiger partial charge < -0.3 is 20.0 Å². The number of aliphatic hydroxyl groups is 2. The molecule has 0 saturated carbocycles. The second-order valence-electron chi connectivity index (χ2n) is 6.92. The Balaban J connectivity index is 0.000000271. The van der Waals surface area contributed by atoms with Gasteiger partial charge in [-0.25, -0.2) is 0 Å². The number of anilines is 1. The zero-order valence-corrected chi connectivity index (χ0v) is 17.4. The molecule has 2 N–H and O–H groups in total. The second-order valence-corrected chi connectivity index (χ2v) is 6.92. The Hall–Kier alpha value is -2.04. The van der Waals surface area contributed by atoms with Gasteiger partial charge in [0, 0.05) is 38.6 Å². The van der Waals surface area contributed by atoms with E-state index in [1.54, 1.807) is 0 Å². The Morgan fingerprint density at radius 1 is 1.04 bits per heavy atom. The molecule has 1 aromatic carbocycles. The molecule has 0 saturated heterocycles. The lowest BCUT2D eigenvalue weighted by atomic mass is 10.1. The number of benzene rings is 1. The van der Waals surface area contributed by atoms with Crippen LogP contribution in [0.2, 0.25) is 0 Å². The lowest BCUT2D eigenvalue weighted by Gasteiger charge is -2.25. The SMILES string of the molecule is CC=C(C)Cc1ccc(N(C)C)cc1.OCCN(CCO)C1=CCCC=C1. The predicted molar refractivity (Wildman–Crippen MR) is 116 cm³/mol. The molecule has 1 aromatic rings. The molecule has 0 aromatic heterocycles. The Labute approximate surface area is 165 Å². The van der Waals surface area contributed by atoms with Crippen LogP contribution >= 0.6 is 0 Å². The van der Waals surface area contributed by atoms with Crippen LogP contribution in [0.5, 0.6) is 0 Å². The molecule has 4 nitrogen and oxygen atoms in total. The monoisotopic (exact) mass is 372 g/mol. The van der Waals surface area contributed by atoms with Crippen LogP contribution in [0.1, 0.15) is 32.3 Å². The zero-order chi connectivity index (χ0) is 20.1. The Bertz CT molecular complexity index is 610. The molecule has 1 aliphatic rings. The maximum atomic E-state index is 8.82. The first-order valence-electron chi connectivity index (χ1n) is 9.73. The Kier molecular flexibility index (Phi) is 11.2. The van der Waals surface area contributed by atoms with Crippen molar-refractivity contribution in [1.82, 2.24) is 4.90 Å². The van der Waals surface area contributed by atoms with Crippen molar-refractivity contribution in [3.63, 3.8) is 0 Å². The van der Waals surface area contributed by atoms with Gasteiger partial charge >= 0.3 is 0 Å². The maximum Gasteiger partial charge on any atom is 0.0606 e. The minimum Gasteiger partial charge on any atom is -0.395 e. The molecule has 0 unspecified atom stereocenters. The number of nitrogens with zero attached hydrogens (tertiary/aromatic N) is 2. The van der Waals surface area contributed by atoms with E-state index in [1.807, 2.05) is 4.90 Å². The summed E-state index contributed by atoms with van der Waals surface area (Å²) in [6.07, 6.45) is 11.7. The van der Waals surface area contributed by atoms with Crippen molar-refractivity contribution >= 4 is 5.69 Å². The van der Waals surface area contributed by atoms with Gasteiger partial charge in [0.2, 0.25) is 0 Å². The first kappa shape index (κ1) is 23.0. The summed E-state index contributed by atoms with van der Waals surface area (Å²) in [5.41, 5.74) is 5.18. The van der Waals surface area contributed by atoms with Crippen molar-refractivity contribution in [3.8, 4) is 0 Å². The molecule has 27 heavy (non-hydrogen) atoms. The van der Waals surface area contributed by atoms with Gasteiger partial charge in [-0.05, 0) is 56.9 Å². The normalized spacial score (nSPS) is 13.6. The molecular formula is C23H36N2O2. The van der Waals surface area contributed by atoms with E-state index in [9.17, 15) is 0 Å². The molecule has 150 valence electrons. The smallest absolute Gasteiger partial charge is 0.0606 e. The fourth-order valence-corrected chi connectivity index (χ4v) is 2.78. The Morgan fingerprint density at radius 3 is 2.11 bits per heavy atom. The Morgan fingerprint density at radius 2 is 1.67 bits per heavy atom. The van der Waals surface area contributed by atoms with Gasteiger partial charge in [0.25, 0.3) is 0 Å². The average Bonchev–Trinajstić information content (AvgIpc) is 2.69. The van der Waals surface area contributed by atoms with Gasteiger partial charge in [-0.1, -0.05) is 35.9 Å². The van der Waals surface area contributed by atoms with E-state index in [0.29, 0.717) is 13.1 Å². The first-order chi connectivity index (χ1) is 13.0. The fourth-order valence-electron chi connectivity index (χ4n) is 2.78. The van der Waals surface area contributed by atoms with Crippen molar-refractivity contribution in [1.29, 1.82) is 0 Å². The minimum absolute atomic E-state index is 0.130. The number of hydrogen-bond donors (Lipinski definition) is 2. The van der Waals surface area contributed by atoms with Gasteiger partial charge in [-0.2, -0.15) is 0 Å². The van der Waals surface area contributed by atoms with Crippen molar-refractivity contribution in [3.05, 3.63) is 65.4 Å². The summed E-state index contributed by atoms with van der Waals surface area (Å²) >= 11 is 0. The summed E-state index contributed by atoms with van der Waals surface area (Å²) in [6.45, 7) is 5.70. The van der Waals surface area contributed by atoms with Crippen LogP contribution in [-0.2, 0) is 6.42 Å². The largest absolute Gasteiger partial charge is 0.395 e. The topological polar surface area (TPSA) is 46.9 Å². The summed E-state index contributed by atoms with van der Waals surface area (Å²) in [7, 11) is 4.12. The van der Waals surface area contributed by atoms with Crippen molar-refractivity contribution in [2.45, 2.75) is 33.1 Å². The van der Waals surface area contributed by atoms with E-state index in [-0.39, 0.29) is 13.2 Å². The number of allylic oxidation sites excluding steroid dienone is 5. The molecule has 0 bridgehead atoms. The highest BCUT2D eigenvalue weighted by Crippen LogP contribution is 2.15. The van der Waals surface area contributed by atoms with Gasteiger partial charge in [0.1, 0.15) is 0 Å². The van der Waals surface area contributed by atoms with Crippen LogP contribution < -0.4 is 4.90 Å². The molecule has 0 spiro atoms. The highest BCUT2D eigenvalue weighted by atomic mass is 16.3. The molecule has 0 atom stereocenters. The molecule has 0 aliphatic heterocycles. The minimum atomic E-state index is 0.130. The number of rotatable bonds is 8. The fraction of sp³-hybridized carbons (Fsp3) is 0.478. The molecule has 1 aliphatic carbocycles. The summed E-state index contributed by atoms with van der Waals surface area (Å²) in [5.74, 6) is 0. The van der Waals surface area contributed by atoms with E-state index in [1.165, 1.54) is 16.8 Å². The number of hydrogen-bond acceptors (Lipinski definition) is 4. The van der Waals surface area contributed by atoms with Crippen molar-refractivity contribution in [2.75, 3.05) is 45.3 Å². The summed E-state index contributed by atoms with van der Waals surface area (Å²) in [5, 5.41) is 17.6. The maximum absolute atomic E-state index is 8.82. The number of aliphatic hydroxyl groups excluding tert-OH is 2. The molecule has 0 heterocycles. The van der Waals surface area contributed by atoms with Crippen LogP contribution in [0.25, 0.3) is 0 Å². The zero-order valence-electron chi connectivity index (χ0n) is 17.4. The van der Waals surface area contributed by atoms with Crippen molar-refractivity contribution in [2.24, 2.45) is 0 Å². The highest BCUT2D eigenvalue weighted by Gasteiger charge is 2.06. The van der Waals surface area contributed by atoms with E-state index in [2.05, 4.69) is 81.4 Å². The molecule has 4 heteroatoms. The van der Waals surface area contributed by atoms with Crippen LogP contribution in [0, 0.1) is 0 Å². The van der Waals surface area contributed by atoms with Crippen LogP contribution in [0.3, 0.4) is 0 Å². The van der Waals surface area contributed by atoms with Gasteiger partial charge in [-0.3, -0.25) is 0 Å². The second kappa shape index (κ2) is 13.2. The summed E-state index contributed by atoms with van der Waals surface area (Å²) in [4.78, 5) is 4.11. The third-order valence-corrected chi connectivity index (χ3v) is 4.51. The van der Waals surface area contributed by atoms with E-state index in [0.717, 1.165) is 25.0 Å². The van der Waals surface area contributed by atoms with Gasteiger partial charge in [-0.15, -0.1) is 0 Å². The molecule has 0 fully saturated rings. The predicted octanol–water partition coefficient (Wildman–Crippen LogP) is 3.77. The third-order valence-electron chi connectivity index (χ3n) is 4.51. The van der Waals surface area contributed by atoms with Crippen LogP contribution in [0.4, 0.5) is 5.69 Å². The van der Waals surface area contributed by atoms with E-state index in [4.69, 9.17) is 10.2 Å². The first-order valence-corrected chi connectivity index (χ1v) is 9.73. The third kappa shape index (κ3) is 8.94. The molecule has 2 rings (SSSR count). The summed E-state index contributed by atoms with van der Waals surface area (Å²) < 4.78 is 0. The van der Waals surface area contributed by atoms with Gasteiger partial charge in [0.15, 0.2) is 0 Å². The average molecular weight is 373 g/mol. The van der Waals surface area contributed by atoms with E-state index < -0.39 is 0 Å². The van der Waals surface area contributed by atoms with E-state index >= 15 is 0 Å². The molecule has 0 amide bonds. The van der Waals surface area contributed by atoms with Crippen molar-refractivity contribution < 1.29 is 10.2 Å². The lowest BCUT2D eigenvalue weighted by Crippen LogP contribution is -2.29. The molecule has 0 radical (unpaired) electrons. The highest BCUT2D eigenvalue weighted by molar-refractivity contribution is 5.46. The molecular weight excluding hydrogens is 336 g/mol. The van der Waals surface area contributed by atoms with Crippen LogP contribution in [0.15, 0.2) is 59.8 Å². The standard InChI is InChI=1S/C13H19N.C10H17NO2/c1-5-11(2)10-12-6-8-13(9-7-12)14(3)4;12-8-6-11(7-9-13)10-4-2-1-3-5-10/h5-9H,10H2,1-4H3;2,4-5,12-13H,1,3,6-9H2. The van der Waals surface area contributed by atoms with Crippen LogP contribution in [-0.4, -0.2) is 55.5 Å². The summed E-state index contributed by atoms with van der Waals surface area (Å²) in [6, 6.07) is 8.72. The lowest BCUT2D eigenvalue weighted by molar-refractivity contribution is 0.191. The quantitative estimate of drug-likeness (QED) is 0.682.